The highest BCUT2D eigenvalue weighted by Crippen LogP contribution is 2.23. The zero-order chi connectivity index (χ0) is 24.1. The monoisotopic (exact) mass is 460 g/mol. The summed E-state index contributed by atoms with van der Waals surface area (Å²) >= 11 is 0. The summed E-state index contributed by atoms with van der Waals surface area (Å²) in [6.45, 7) is 6.55. The number of nitrogens with one attached hydrogen (secondary N) is 1. The van der Waals surface area contributed by atoms with Crippen LogP contribution in [0.2, 0.25) is 0 Å². The number of fused-ring (bicyclic) bond motifs is 1. The molecule has 1 aliphatic rings. The lowest BCUT2D eigenvalue weighted by atomic mass is 9.97. The van der Waals surface area contributed by atoms with Gasteiger partial charge in [-0.1, -0.05) is 31.0 Å². The number of rotatable bonds is 9. The van der Waals surface area contributed by atoms with Gasteiger partial charge in [-0.15, -0.1) is 0 Å². The van der Waals surface area contributed by atoms with Crippen LogP contribution in [0.3, 0.4) is 0 Å². The van der Waals surface area contributed by atoms with E-state index < -0.39 is 0 Å². The van der Waals surface area contributed by atoms with Gasteiger partial charge in [-0.25, -0.2) is 9.97 Å². The highest BCUT2D eigenvalue weighted by Gasteiger charge is 2.23. The Kier molecular flexibility index (Phi) is 7.73. The number of amidine groups is 1. The SMILES string of the molecule is CC1CCC[C@@H](C)N1CCCCCn1c(=O)c(Cc2ccnc(C(=N)N)n2)cc2ccccc21. The van der Waals surface area contributed by atoms with Gasteiger partial charge in [-0.2, -0.15) is 0 Å². The van der Waals surface area contributed by atoms with E-state index in [1.807, 2.05) is 28.8 Å². The van der Waals surface area contributed by atoms with Gasteiger partial charge in [0.05, 0.1) is 5.52 Å². The second kappa shape index (κ2) is 10.9. The van der Waals surface area contributed by atoms with Crippen LogP contribution < -0.4 is 11.3 Å². The maximum absolute atomic E-state index is 13.4. The van der Waals surface area contributed by atoms with Crippen LogP contribution in [0.5, 0.6) is 0 Å². The average molecular weight is 461 g/mol. The number of pyridine rings is 1. The number of unbranched alkanes of at least 4 members (excludes halogenated alkanes) is 2. The fourth-order valence-corrected chi connectivity index (χ4v) is 5.21. The Bertz CT molecular complexity index is 1190. The molecule has 7 nitrogen and oxygen atoms in total. The molecule has 1 fully saturated rings. The summed E-state index contributed by atoms with van der Waals surface area (Å²) in [4.78, 5) is 24.5. The average Bonchev–Trinajstić information content (AvgIpc) is 2.82. The summed E-state index contributed by atoms with van der Waals surface area (Å²) < 4.78 is 1.92. The topological polar surface area (TPSA) is 101 Å². The Morgan fingerprint density at radius 2 is 1.82 bits per heavy atom. The number of nitrogens with two attached hydrogens (primary N) is 1. The highest BCUT2D eigenvalue weighted by atomic mass is 16.1. The number of aromatic nitrogens is 3. The number of nitrogen functional groups attached to an aromatic ring is 1. The quantitative estimate of drug-likeness (QED) is 0.284. The fraction of sp³-hybridized carbons (Fsp3) is 0.481. The molecule has 3 N–H and O–H groups in total. The van der Waals surface area contributed by atoms with E-state index in [0.717, 1.165) is 36.7 Å². The van der Waals surface area contributed by atoms with Gasteiger partial charge in [0.1, 0.15) is 0 Å². The van der Waals surface area contributed by atoms with Gasteiger partial charge in [0, 0.05) is 42.5 Å². The molecule has 1 aliphatic heterocycles. The maximum atomic E-state index is 13.4. The van der Waals surface area contributed by atoms with E-state index in [-0.39, 0.29) is 17.2 Å². The van der Waals surface area contributed by atoms with E-state index in [4.69, 9.17) is 11.1 Å². The Labute approximate surface area is 201 Å². The molecule has 0 spiro atoms. The van der Waals surface area contributed by atoms with Crippen LogP contribution in [-0.2, 0) is 13.0 Å². The van der Waals surface area contributed by atoms with Crippen molar-refractivity contribution in [1.82, 2.24) is 19.4 Å². The van der Waals surface area contributed by atoms with Crippen LogP contribution in [0.25, 0.3) is 10.9 Å². The van der Waals surface area contributed by atoms with E-state index in [0.29, 0.717) is 36.3 Å². The smallest absolute Gasteiger partial charge is 0.254 e. The van der Waals surface area contributed by atoms with Crippen LogP contribution in [-0.4, -0.2) is 43.9 Å². The number of aryl methyl sites for hydroxylation is 1. The molecule has 180 valence electrons. The second-order valence-corrected chi connectivity index (χ2v) is 9.57. The molecule has 1 unspecified atom stereocenters. The molecule has 1 aromatic carbocycles. The normalized spacial score (nSPS) is 18.9. The number of hydrogen-bond donors (Lipinski definition) is 2. The predicted molar refractivity (Wildman–Crippen MR) is 137 cm³/mol. The summed E-state index contributed by atoms with van der Waals surface area (Å²) in [5, 5.41) is 8.63. The molecule has 0 aliphatic carbocycles. The molecule has 3 heterocycles. The van der Waals surface area contributed by atoms with Crippen molar-refractivity contribution >= 4 is 16.7 Å². The lowest BCUT2D eigenvalue weighted by Gasteiger charge is -2.39. The standard InChI is InChI=1S/C27H36N6O/c1-19-9-8-10-20(2)32(19)15-6-3-7-16-33-24-12-5-4-11-21(24)17-22(27(33)34)18-23-13-14-30-26(31-23)25(28)29/h4-5,11-14,17,19-20H,3,6-10,15-16,18H2,1-2H3,(H3,28,29)/t19-,20?/m1/s1. The van der Waals surface area contributed by atoms with Gasteiger partial charge in [-0.3, -0.25) is 15.1 Å². The first-order valence-electron chi connectivity index (χ1n) is 12.5. The van der Waals surface area contributed by atoms with Crippen molar-refractivity contribution in [1.29, 1.82) is 5.41 Å². The van der Waals surface area contributed by atoms with Crippen molar-refractivity contribution in [3.05, 3.63) is 70.0 Å². The third-order valence-electron chi connectivity index (χ3n) is 7.08. The predicted octanol–water partition coefficient (Wildman–Crippen LogP) is 4.10. The molecule has 4 rings (SSSR count). The lowest BCUT2D eigenvalue weighted by molar-refractivity contribution is 0.101. The first-order valence-corrected chi connectivity index (χ1v) is 12.5. The van der Waals surface area contributed by atoms with Gasteiger partial charge in [0.15, 0.2) is 11.7 Å². The van der Waals surface area contributed by atoms with Crippen molar-refractivity contribution in [2.75, 3.05) is 6.54 Å². The number of hydrogen-bond acceptors (Lipinski definition) is 5. The second-order valence-electron chi connectivity index (χ2n) is 9.57. The third-order valence-corrected chi connectivity index (χ3v) is 7.08. The molecule has 2 aromatic heterocycles. The third kappa shape index (κ3) is 5.53. The Morgan fingerprint density at radius 1 is 1.09 bits per heavy atom. The van der Waals surface area contributed by atoms with Crippen molar-refractivity contribution in [3.63, 3.8) is 0 Å². The fourth-order valence-electron chi connectivity index (χ4n) is 5.21. The lowest BCUT2D eigenvalue weighted by Crippen LogP contribution is -2.44. The summed E-state index contributed by atoms with van der Waals surface area (Å²) in [6.07, 6.45) is 9.17. The number of likely N-dealkylation sites (tertiary alicyclic amines) is 1. The molecule has 0 radical (unpaired) electrons. The van der Waals surface area contributed by atoms with Crippen molar-refractivity contribution < 1.29 is 0 Å². The van der Waals surface area contributed by atoms with E-state index in [1.54, 1.807) is 12.3 Å². The van der Waals surface area contributed by atoms with Crippen LogP contribution in [0.15, 0.2) is 47.4 Å². The molecular weight excluding hydrogens is 424 g/mol. The van der Waals surface area contributed by atoms with Crippen molar-refractivity contribution in [3.8, 4) is 0 Å². The Balaban J connectivity index is 1.47. The Hall–Kier alpha value is -3.06. The van der Waals surface area contributed by atoms with Crippen LogP contribution in [0.1, 0.15) is 69.5 Å². The molecule has 0 amide bonds. The molecule has 7 heteroatoms. The molecule has 1 saturated heterocycles. The van der Waals surface area contributed by atoms with Gasteiger partial charge in [0.2, 0.25) is 0 Å². The van der Waals surface area contributed by atoms with Gasteiger partial charge in [-0.05, 0) is 69.7 Å². The zero-order valence-electron chi connectivity index (χ0n) is 20.3. The number of benzene rings is 1. The van der Waals surface area contributed by atoms with E-state index in [2.05, 4.69) is 34.8 Å². The summed E-state index contributed by atoms with van der Waals surface area (Å²) in [7, 11) is 0. The van der Waals surface area contributed by atoms with Gasteiger partial charge in [0.25, 0.3) is 5.56 Å². The van der Waals surface area contributed by atoms with E-state index in [9.17, 15) is 4.79 Å². The van der Waals surface area contributed by atoms with Crippen molar-refractivity contribution in [2.45, 2.75) is 77.4 Å². The molecule has 3 aromatic rings. The number of nitrogens with zero attached hydrogens (tertiary/aromatic N) is 4. The van der Waals surface area contributed by atoms with E-state index in [1.165, 1.54) is 19.3 Å². The molecule has 0 saturated carbocycles. The van der Waals surface area contributed by atoms with Crippen LogP contribution in [0.4, 0.5) is 0 Å². The molecular formula is C27H36N6O. The van der Waals surface area contributed by atoms with E-state index >= 15 is 0 Å². The molecule has 2 atom stereocenters. The first-order chi connectivity index (χ1) is 16.4. The maximum Gasteiger partial charge on any atom is 0.254 e. The summed E-state index contributed by atoms with van der Waals surface area (Å²) in [5.74, 6) is 0.0158. The van der Waals surface area contributed by atoms with Gasteiger partial charge < -0.3 is 10.3 Å². The highest BCUT2D eigenvalue weighted by molar-refractivity contribution is 5.91. The minimum absolute atomic E-state index is 0.0277. The van der Waals surface area contributed by atoms with Crippen molar-refractivity contribution in [2.24, 2.45) is 5.73 Å². The molecule has 34 heavy (non-hydrogen) atoms. The minimum Gasteiger partial charge on any atom is -0.381 e. The van der Waals surface area contributed by atoms with Gasteiger partial charge >= 0.3 is 0 Å². The first kappa shape index (κ1) is 24.1. The zero-order valence-corrected chi connectivity index (χ0v) is 20.3. The number of para-hydroxylation sites is 1. The summed E-state index contributed by atoms with van der Waals surface area (Å²) in [6, 6.07) is 13.2. The largest absolute Gasteiger partial charge is 0.381 e. The summed E-state index contributed by atoms with van der Waals surface area (Å²) in [5.41, 5.74) is 7.92. The molecule has 0 bridgehead atoms. The van der Waals surface area contributed by atoms with Crippen LogP contribution in [0, 0.1) is 5.41 Å². The Morgan fingerprint density at radius 3 is 2.59 bits per heavy atom. The minimum atomic E-state index is -0.175. The van der Waals surface area contributed by atoms with Crippen LogP contribution >= 0.6 is 0 Å². The number of piperidine rings is 1.